The van der Waals surface area contributed by atoms with Crippen LogP contribution in [0.25, 0.3) is 10.7 Å². The Morgan fingerprint density at radius 1 is 1.32 bits per heavy atom. The van der Waals surface area contributed by atoms with Crippen LogP contribution in [0.4, 0.5) is 9.18 Å². The Balaban J connectivity index is 1.19. The smallest absolute Gasteiger partial charge is 0.409 e. The Labute approximate surface area is 185 Å². The second kappa shape index (κ2) is 8.43. The zero-order valence-electron chi connectivity index (χ0n) is 17.8. The molecule has 5 rings (SSSR count). The molecule has 0 bridgehead atoms. The largest absolute Gasteiger partial charge is 0.450 e. The van der Waals surface area contributed by atoms with E-state index in [0.29, 0.717) is 12.6 Å². The van der Waals surface area contributed by atoms with Gasteiger partial charge in [-0.25, -0.2) is 9.18 Å². The van der Waals surface area contributed by atoms with Gasteiger partial charge in [-0.1, -0.05) is 11.3 Å². The Morgan fingerprint density at radius 2 is 2.13 bits per heavy atom. The molecule has 0 radical (unpaired) electrons. The van der Waals surface area contributed by atoms with E-state index in [0.717, 1.165) is 61.7 Å². The number of carbonyl (C=O) groups excluding carboxylic acids is 1. The fourth-order valence-corrected chi connectivity index (χ4v) is 6.25. The van der Waals surface area contributed by atoms with Crippen molar-refractivity contribution in [2.45, 2.75) is 51.0 Å². The third-order valence-electron chi connectivity index (χ3n) is 7.19. The van der Waals surface area contributed by atoms with E-state index in [1.807, 2.05) is 11.8 Å². The highest BCUT2D eigenvalue weighted by Crippen LogP contribution is 2.48. The summed E-state index contributed by atoms with van der Waals surface area (Å²) in [5, 5.41) is 8.82. The minimum atomic E-state index is -0.292. The summed E-state index contributed by atoms with van der Waals surface area (Å²) in [7, 11) is 0. The average Bonchev–Trinajstić information content (AvgIpc) is 3.43. The molecule has 0 N–H and O–H groups in total. The maximum atomic E-state index is 14.0. The van der Waals surface area contributed by atoms with Gasteiger partial charge < -0.3 is 14.5 Å². The molecular weight excluding hydrogens is 417 g/mol. The number of carbonyl (C=O) groups is 1. The topological polar surface area (TPSA) is 71.5 Å². The molecule has 0 unspecified atom stereocenters. The van der Waals surface area contributed by atoms with Gasteiger partial charge in [0.05, 0.1) is 12.8 Å². The van der Waals surface area contributed by atoms with Crippen molar-refractivity contribution >= 4 is 17.4 Å². The van der Waals surface area contributed by atoms with Crippen LogP contribution in [0, 0.1) is 11.2 Å². The first-order valence-electron chi connectivity index (χ1n) is 11.1. The molecule has 1 aliphatic carbocycles. The lowest BCUT2D eigenvalue weighted by Gasteiger charge is -2.48. The van der Waals surface area contributed by atoms with Crippen molar-refractivity contribution in [3.63, 3.8) is 0 Å². The third kappa shape index (κ3) is 4.05. The molecule has 31 heavy (non-hydrogen) atoms. The van der Waals surface area contributed by atoms with E-state index in [1.54, 1.807) is 11.6 Å². The standard InChI is InChI=1S/C22H28FN5O2S/c1-2-30-21(29)28-12-22(13-28)6-3-17(10-22)27-7-4-15(5-8-27)18-9-16(23)11-24-19(18)20-26-25-14-31-20/h9,11,14-15,17H,2-8,10,12-13H2,1H3/t17-/m0/s1. The van der Waals surface area contributed by atoms with Crippen molar-refractivity contribution in [1.29, 1.82) is 0 Å². The number of rotatable bonds is 4. The van der Waals surface area contributed by atoms with E-state index in [1.165, 1.54) is 30.4 Å². The quantitative estimate of drug-likeness (QED) is 0.710. The summed E-state index contributed by atoms with van der Waals surface area (Å²) < 4.78 is 19.1. The predicted octanol–water partition coefficient (Wildman–Crippen LogP) is 3.93. The number of halogens is 1. The first kappa shape index (κ1) is 20.8. The first-order chi connectivity index (χ1) is 15.1. The number of ether oxygens (including phenoxy) is 1. The Hall–Kier alpha value is -2.13. The van der Waals surface area contributed by atoms with Gasteiger partial charge >= 0.3 is 6.09 Å². The summed E-state index contributed by atoms with van der Waals surface area (Å²) in [4.78, 5) is 20.7. The maximum Gasteiger partial charge on any atom is 0.409 e. The van der Waals surface area contributed by atoms with Crippen LogP contribution in [0.15, 0.2) is 17.8 Å². The molecule has 3 fully saturated rings. The number of piperidine rings is 1. The molecule has 7 nitrogen and oxygen atoms in total. The van der Waals surface area contributed by atoms with Gasteiger partial charge in [0.15, 0.2) is 5.01 Å². The van der Waals surface area contributed by atoms with Gasteiger partial charge in [0.2, 0.25) is 0 Å². The maximum absolute atomic E-state index is 14.0. The minimum absolute atomic E-state index is 0.174. The number of nitrogens with zero attached hydrogens (tertiary/aromatic N) is 5. The monoisotopic (exact) mass is 445 g/mol. The molecule has 0 aromatic carbocycles. The summed E-state index contributed by atoms with van der Waals surface area (Å²) >= 11 is 1.44. The summed E-state index contributed by atoms with van der Waals surface area (Å²) in [5.74, 6) is -0.00344. The predicted molar refractivity (Wildman–Crippen MR) is 115 cm³/mol. The average molecular weight is 446 g/mol. The van der Waals surface area contributed by atoms with Crippen LogP contribution in [0.3, 0.4) is 0 Å². The van der Waals surface area contributed by atoms with E-state index in [-0.39, 0.29) is 23.2 Å². The Kier molecular flexibility index (Phi) is 5.64. The molecule has 1 saturated carbocycles. The number of pyridine rings is 1. The lowest BCUT2D eigenvalue weighted by atomic mass is 9.78. The van der Waals surface area contributed by atoms with Crippen molar-refractivity contribution < 1.29 is 13.9 Å². The molecule has 1 amide bonds. The van der Waals surface area contributed by atoms with E-state index < -0.39 is 0 Å². The molecule has 166 valence electrons. The van der Waals surface area contributed by atoms with Crippen molar-refractivity contribution in [2.75, 3.05) is 32.8 Å². The number of hydrogen-bond acceptors (Lipinski definition) is 7. The van der Waals surface area contributed by atoms with Gasteiger partial charge in [0.1, 0.15) is 17.0 Å². The van der Waals surface area contributed by atoms with Crippen LogP contribution in [-0.2, 0) is 4.74 Å². The van der Waals surface area contributed by atoms with Crippen LogP contribution in [0.5, 0.6) is 0 Å². The fourth-order valence-electron chi connectivity index (χ4n) is 5.68. The third-order valence-corrected chi connectivity index (χ3v) is 7.89. The van der Waals surface area contributed by atoms with E-state index in [9.17, 15) is 9.18 Å². The number of hydrogen-bond donors (Lipinski definition) is 0. The molecule has 2 aromatic rings. The summed E-state index contributed by atoms with van der Waals surface area (Å²) in [6.07, 6.45) is 6.62. The summed E-state index contributed by atoms with van der Waals surface area (Å²) in [5.41, 5.74) is 3.71. The summed E-state index contributed by atoms with van der Waals surface area (Å²) in [6, 6.07) is 2.21. The van der Waals surface area contributed by atoms with Gasteiger partial charge in [0, 0.05) is 24.5 Å². The van der Waals surface area contributed by atoms with Gasteiger partial charge in [0.25, 0.3) is 0 Å². The van der Waals surface area contributed by atoms with Gasteiger partial charge in [-0.15, -0.1) is 10.2 Å². The molecular formula is C22H28FN5O2S. The van der Waals surface area contributed by atoms with Crippen LogP contribution >= 0.6 is 11.3 Å². The molecule has 2 aromatic heterocycles. The molecule has 1 atom stereocenters. The Bertz CT molecular complexity index is 926. The van der Waals surface area contributed by atoms with Crippen LogP contribution < -0.4 is 0 Å². The molecule has 2 aliphatic heterocycles. The van der Waals surface area contributed by atoms with Gasteiger partial charge in [-0.05, 0) is 69.7 Å². The first-order valence-corrected chi connectivity index (χ1v) is 12.0. The molecule has 4 heterocycles. The van der Waals surface area contributed by atoms with Crippen molar-refractivity contribution in [3.8, 4) is 10.7 Å². The SMILES string of the molecule is CCOC(=O)N1CC2(CC[C@H](N3CCC(c4cc(F)cnc4-c4nncs4)CC3)C2)C1. The molecule has 9 heteroatoms. The number of amides is 1. The molecule has 2 saturated heterocycles. The van der Waals surface area contributed by atoms with E-state index in [2.05, 4.69) is 20.1 Å². The highest BCUT2D eigenvalue weighted by atomic mass is 32.1. The van der Waals surface area contributed by atoms with Crippen molar-refractivity contribution in [3.05, 3.63) is 29.2 Å². The van der Waals surface area contributed by atoms with Crippen LogP contribution in [0.1, 0.15) is 50.5 Å². The second-order valence-corrected chi connectivity index (χ2v) is 9.93. The zero-order valence-corrected chi connectivity index (χ0v) is 18.6. The minimum Gasteiger partial charge on any atom is -0.450 e. The van der Waals surface area contributed by atoms with Crippen LogP contribution in [0.2, 0.25) is 0 Å². The zero-order chi connectivity index (χ0) is 21.4. The lowest BCUT2D eigenvalue weighted by Crippen LogP contribution is -2.58. The fraction of sp³-hybridized carbons (Fsp3) is 0.636. The van der Waals surface area contributed by atoms with E-state index >= 15 is 0 Å². The molecule has 3 aliphatic rings. The highest BCUT2D eigenvalue weighted by Gasteiger charge is 2.51. The van der Waals surface area contributed by atoms with Gasteiger partial charge in [-0.2, -0.15) is 0 Å². The highest BCUT2D eigenvalue weighted by molar-refractivity contribution is 7.12. The number of aromatic nitrogens is 3. The van der Waals surface area contributed by atoms with Crippen molar-refractivity contribution in [1.82, 2.24) is 25.0 Å². The van der Waals surface area contributed by atoms with Crippen LogP contribution in [-0.4, -0.2) is 69.9 Å². The lowest BCUT2D eigenvalue weighted by molar-refractivity contribution is -0.00360. The normalized spacial score (nSPS) is 23.8. The van der Waals surface area contributed by atoms with Crippen molar-refractivity contribution in [2.24, 2.45) is 5.41 Å². The Morgan fingerprint density at radius 3 is 2.84 bits per heavy atom. The summed E-state index contributed by atoms with van der Waals surface area (Å²) in [6.45, 7) is 5.97. The molecule has 1 spiro atoms. The second-order valence-electron chi connectivity index (χ2n) is 9.10. The number of likely N-dealkylation sites (tertiary alicyclic amines) is 2. The van der Waals surface area contributed by atoms with Gasteiger partial charge in [-0.3, -0.25) is 4.98 Å². The van der Waals surface area contributed by atoms with E-state index in [4.69, 9.17) is 4.74 Å².